The second-order valence-corrected chi connectivity index (χ2v) is 8.08. The number of benzene rings is 1. The first kappa shape index (κ1) is 16.6. The van der Waals surface area contributed by atoms with Gasteiger partial charge in [0.25, 0.3) is 5.24 Å². The van der Waals surface area contributed by atoms with Crippen LogP contribution in [-0.4, -0.2) is 33.7 Å². The molecule has 0 spiro atoms. The standard InChI is InChI=1S/C18H21N3O3S/c19-16-12-4-3-11(7-12)15(16)17(23)20-13-5-1-10(2-6-13)8-21-14(22)9-25-18(21)24/h1-2,5-6,11-12,15-16H,3-4,7-9,19H2,(H,20,23). The molecule has 3 N–H and O–H groups in total. The van der Waals surface area contributed by atoms with Crippen molar-refractivity contribution in [3.63, 3.8) is 0 Å². The van der Waals surface area contributed by atoms with Gasteiger partial charge in [-0.2, -0.15) is 0 Å². The molecule has 25 heavy (non-hydrogen) atoms. The first-order valence-electron chi connectivity index (χ1n) is 8.65. The molecule has 3 aliphatic rings. The van der Waals surface area contributed by atoms with Gasteiger partial charge < -0.3 is 11.1 Å². The minimum Gasteiger partial charge on any atom is -0.327 e. The van der Waals surface area contributed by atoms with E-state index in [0.717, 1.165) is 42.3 Å². The number of carbonyl (C=O) groups excluding carboxylic acids is 3. The SMILES string of the molecule is NC1C2CCC(C2)C1C(=O)Nc1ccc(CN2C(=O)CSC2=O)cc1. The van der Waals surface area contributed by atoms with Gasteiger partial charge >= 0.3 is 0 Å². The number of thioether (sulfide) groups is 1. The van der Waals surface area contributed by atoms with Gasteiger partial charge in [-0.15, -0.1) is 0 Å². The fraction of sp³-hybridized carbons (Fsp3) is 0.500. The van der Waals surface area contributed by atoms with Crippen molar-refractivity contribution in [2.45, 2.75) is 31.8 Å². The van der Waals surface area contributed by atoms with E-state index in [9.17, 15) is 14.4 Å². The average Bonchev–Trinajstić information content (AvgIpc) is 3.27. The van der Waals surface area contributed by atoms with E-state index in [1.807, 2.05) is 24.3 Å². The first-order chi connectivity index (χ1) is 12.0. The Morgan fingerprint density at radius 3 is 2.52 bits per heavy atom. The van der Waals surface area contributed by atoms with Gasteiger partial charge in [-0.25, -0.2) is 0 Å². The lowest BCUT2D eigenvalue weighted by Crippen LogP contribution is -2.42. The van der Waals surface area contributed by atoms with Crippen LogP contribution < -0.4 is 11.1 Å². The molecule has 1 aliphatic heterocycles. The topological polar surface area (TPSA) is 92.5 Å². The van der Waals surface area contributed by atoms with E-state index < -0.39 is 0 Å². The molecule has 4 rings (SSSR count). The number of imide groups is 1. The van der Waals surface area contributed by atoms with E-state index in [-0.39, 0.29) is 41.3 Å². The van der Waals surface area contributed by atoms with E-state index in [0.29, 0.717) is 11.8 Å². The summed E-state index contributed by atoms with van der Waals surface area (Å²) in [5.41, 5.74) is 7.81. The molecule has 7 heteroatoms. The van der Waals surface area contributed by atoms with Crippen LogP contribution in [0.5, 0.6) is 0 Å². The van der Waals surface area contributed by atoms with Crippen molar-refractivity contribution in [2.75, 3.05) is 11.1 Å². The number of fused-ring (bicyclic) bond motifs is 2. The molecule has 132 valence electrons. The maximum atomic E-state index is 12.6. The normalized spacial score (nSPS) is 31.0. The van der Waals surface area contributed by atoms with Gasteiger partial charge in [0.2, 0.25) is 11.8 Å². The zero-order chi connectivity index (χ0) is 17.6. The van der Waals surface area contributed by atoms with Crippen LogP contribution in [0.2, 0.25) is 0 Å². The first-order valence-corrected chi connectivity index (χ1v) is 9.64. The predicted octanol–water partition coefficient (Wildman–Crippen LogP) is 2.19. The number of carbonyl (C=O) groups is 3. The molecule has 3 fully saturated rings. The van der Waals surface area contributed by atoms with E-state index >= 15 is 0 Å². The zero-order valence-electron chi connectivity index (χ0n) is 13.8. The summed E-state index contributed by atoms with van der Waals surface area (Å²) in [6.07, 6.45) is 3.33. The number of rotatable bonds is 4. The average molecular weight is 359 g/mol. The fourth-order valence-electron chi connectivity index (χ4n) is 4.36. The number of nitrogens with two attached hydrogens (primary N) is 1. The lowest BCUT2D eigenvalue weighted by Gasteiger charge is -2.27. The maximum absolute atomic E-state index is 12.6. The summed E-state index contributed by atoms with van der Waals surface area (Å²) in [6, 6.07) is 7.26. The molecule has 1 aromatic rings. The largest absolute Gasteiger partial charge is 0.327 e. The lowest BCUT2D eigenvalue weighted by atomic mass is 9.84. The number of nitrogens with one attached hydrogen (secondary N) is 1. The third-order valence-electron chi connectivity index (χ3n) is 5.69. The molecule has 1 aromatic carbocycles. The highest BCUT2D eigenvalue weighted by atomic mass is 32.2. The third kappa shape index (κ3) is 3.06. The number of amides is 3. The van der Waals surface area contributed by atoms with Crippen molar-refractivity contribution < 1.29 is 14.4 Å². The molecule has 4 atom stereocenters. The van der Waals surface area contributed by atoms with Crippen molar-refractivity contribution in [3.05, 3.63) is 29.8 Å². The van der Waals surface area contributed by atoms with Gasteiger partial charge in [-0.1, -0.05) is 23.9 Å². The number of hydrogen-bond donors (Lipinski definition) is 2. The number of hydrogen-bond acceptors (Lipinski definition) is 5. The number of nitrogens with zero attached hydrogens (tertiary/aromatic N) is 1. The second-order valence-electron chi connectivity index (χ2n) is 7.16. The summed E-state index contributed by atoms with van der Waals surface area (Å²) in [7, 11) is 0. The minimum atomic E-state index is -0.201. The van der Waals surface area contributed by atoms with Crippen molar-refractivity contribution in [3.8, 4) is 0 Å². The van der Waals surface area contributed by atoms with Gasteiger partial charge in [0.05, 0.1) is 18.2 Å². The summed E-state index contributed by atoms with van der Waals surface area (Å²) < 4.78 is 0. The quantitative estimate of drug-likeness (QED) is 0.860. The van der Waals surface area contributed by atoms with Crippen LogP contribution in [0, 0.1) is 17.8 Å². The monoisotopic (exact) mass is 359 g/mol. The molecule has 1 saturated heterocycles. The Hall–Kier alpha value is -1.86. The highest BCUT2D eigenvalue weighted by molar-refractivity contribution is 8.14. The zero-order valence-corrected chi connectivity index (χ0v) is 14.6. The van der Waals surface area contributed by atoms with Gasteiger partial charge in [0, 0.05) is 11.7 Å². The van der Waals surface area contributed by atoms with Gasteiger partial charge in [-0.05, 0) is 48.8 Å². The smallest absolute Gasteiger partial charge is 0.289 e. The molecular weight excluding hydrogens is 338 g/mol. The molecular formula is C18H21N3O3S. The van der Waals surface area contributed by atoms with Crippen LogP contribution in [0.1, 0.15) is 24.8 Å². The third-order valence-corrected chi connectivity index (χ3v) is 6.54. The molecule has 2 saturated carbocycles. The molecule has 0 radical (unpaired) electrons. The van der Waals surface area contributed by atoms with Crippen molar-refractivity contribution >= 4 is 34.5 Å². The molecule has 1 heterocycles. The summed E-state index contributed by atoms with van der Waals surface area (Å²) in [5.74, 6) is 0.902. The van der Waals surface area contributed by atoms with E-state index in [4.69, 9.17) is 5.73 Å². The maximum Gasteiger partial charge on any atom is 0.289 e. The Kier molecular flexibility index (Phi) is 4.29. The summed E-state index contributed by atoms with van der Waals surface area (Å²) in [4.78, 5) is 37.1. The highest BCUT2D eigenvalue weighted by Crippen LogP contribution is 2.47. The number of anilines is 1. The molecule has 6 nitrogen and oxygen atoms in total. The fourth-order valence-corrected chi connectivity index (χ4v) is 5.09. The minimum absolute atomic E-state index is 0.00810. The predicted molar refractivity (Wildman–Crippen MR) is 95.8 cm³/mol. The van der Waals surface area contributed by atoms with Crippen LogP contribution in [0.15, 0.2) is 24.3 Å². The van der Waals surface area contributed by atoms with Crippen LogP contribution in [-0.2, 0) is 16.1 Å². The Bertz CT molecular complexity index is 703. The summed E-state index contributed by atoms with van der Waals surface area (Å²) in [6.45, 7) is 0.274. The second kappa shape index (κ2) is 6.46. The molecule has 0 aromatic heterocycles. The van der Waals surface area contributed by atoms with Gasteiger partial charge in [0.15, 0.2) is 0 Å². The van der Waals surface area contributed by atoms with Crippen LogP contribution in [0.3, 0.4) is 0 Å². The van der Waals surface area contributed by atoms with E-state index in [1.165, 1.54) is 4.90 Å². The van der Waals surface area contributed by atoms with Crippen molar-refractivity contribution in [2.24, 2.45) is 23.5 Å². The Morgan fingerprint density at radius 1 is 1.20 bits per heavy atom. The van der Waals surface area contributed by atoms with E-state index in [2.05, 4.69) is 5.32 Å². The summed E-state index contributed by atoms with van der Waals surface area (Å²) >= 11 is 1.03. The Morgan fingerprint density at radius 2 is 1.92 bits per heavy atom. The Balaban J connectivity index is 1.38. The molecule has 3 amide bonds. The van der Waals surface area contributed by atoms with Crippen LogP contribution in [0.25, 0.3) is 0 Å². The van der Waals surface area contributed by atoms with Crippen molar-refractivity contribution in [1.82, 2.24) is 4.90 Å². The van der Waals surface area contributed by atoms with Gasteiger partial charge in [0.1, 0.15) is 0 Å². The Labute approximate surface area is 150 Å². The highest BCUT2D eigenvalue weighted by Gasteiger charge is 2.49. The van der Waals surface area contributed by atoms with Crippen LogP contribution in [0.4, 0.5) is 10.5 Å². The molecule has 2 aliphatic carbocycles. The summed E-state index contributed by atoms with van der Waals surface area (Å²) in [5, 5.41) is 2.77. The van der Waals surface area contributed by atoms with Crippen molar-refractivity contribution in [1.29, 1.82) is 0 Å². The van der Waals surface area contributed by atoms with E-state index in [1.54, 1.807) is 0 Å². The van der Waals surface area contributed by atoms with Gasteiger partial charge in [-0.3, -0.25) is 19.3 Å². The van der Waals surface area contributed by atoms with Crippen LogP contribution >= 0.6 is 11.8 Å². The lowest BCUT2D eigenvalue weighted by molar-refractivity contribution is -0.125. The molecule has 2 bridgehead atoms. The molecule has 4 unspecified atom stereocenters.